The number of ether oxygens (including phenoxy) is 2. The number of nitrogens with zero attached hydrogens (tertiary/aromatic N) is 3. The molecule has 2 aliphatic carbocycles. The van der Waals surface area contributed by atoms with Gasteiger partial charge in [-0.3, -0.25) is 9.59 Å². The van der Waals surface area contributed by atoms with Crippen molar-refractivity contribution in [1.29, 1.82) is 0 Å². The average molecular weight is 752 g/mol. The Hall–Kier alpha value is -4.59. The number of aryl methyl sites for hydroxylation is 1. The molecule has 2 aliphatic rings. The second-order valence-corrected chi connectivity index (χ2v) is 14.5. The Kier molecular flexibility index (Phi) is 11.1. The Bertz CT molecular complexity index is 2070. The van der Waals surface area contributed by atoms with E-state index in [0.717, 1.165) is 54.8 Å². The largest absolute Gasteiger partial charge is 0.493 e. The maximum absolute atomic E-state index is 13.8. The van der Waals surface area contributed by atoms with Crippen LogP contribution in [0.15, 0.2) is 54.9 Å². The molecule has 0 aliphatic heterocycles. The Morgan fingerprint density at radius 3 is 2.46 bits per heavy atom. The smallest absolute Gasteiger partial charge is 0.472 e. The van der Waals surface area contributed by atoms with Crippen LogP contribution in [0.5, 0.6) is 5.75 Å². The fraction of sp³-hybridized carbons (Fsp3) is 0.361. The Balaban J connectivity index is 1.19. The maximum atomic E-state index is 13.8. The molecule has 2 aromatic carbocycles. The SMILES string of the molecule is CCOc1cc(NC(=O)C2(NC(=O)c3ccc4c(C5CCCC5)c(-c5ncc(Cl)cn5)n(C)c4c3)CCC2)ccc1/C=C/C(=O)OCOP(=O)(O)O. The Morgan fingerprint density at radius 2 is 1.81 bits per heavy atom. The van der Waals surface area contributed by atoms with Crippen LogP contribution in [0.3, 0.4) is 0 Å². The summed E-state index contributed by atoms with van der Waals surface area (Å²) in [6, 6.07) is 10.5. The lowest BCUT2D eigenvalue weighted by atomic mass is 9.75. The van der Waals surface area contributed by atoms with E-state index in [0.29, 0.717) is 58.8 Å². The monoisotopic (exact) mass is 751 g/mol. The van der Waals surface area contributed by atoms with Crippen LogP contribution in [-0.4, -0.2) is 61.0 Å². The van der Waals surface area contributed by atoms with Gasteiger partial charge in [0.25, 0.3) is 5.91 Å². The van der Waals surface area contributed by atoms with Crippen molar-refractivity contribution in [2.24, 2.45) is 7.05 Å². The summed E-state index contributed by atoms with van der Waals surface area (Å²) in [6.07, 6.45) is 11.8. The molecule has 2 amide bonds. The second-order valence-electron chi connectivity index (χ2n) is 12.8. The fourth-order valence-corrected chi connectivity index (χ4v) is 7.10. The summed E-state index contributed by atoms with van der Waals surface area (Å²) >= 11 is 6.10. The first kappa shape index (κ1) is 37.2. The number of halogens is 1. The van der Waals surface area contributed by atoms with Gasteiger partial charge in [0.1, 0.15) is 11.3 Å². The van der Waals surface area contributed by atoms with Crippen LogP contribution in [0.1, 0.15) is 79.3 Å². The lowest BCUT2D eigenvalue weighted by Crippen LogP contribution is -2.61. The van der Waals surface area contributed by atoms with Crippen molar-refractivity contribution in [1.82, 2.24) is 19.9 Å². The first-order valence-corrected chi connectivity index (χ1v) is 18.8. The molecule has 2 fully saturated rings. The van der Waals surface area contributed by atoms with E-state index in [-0.39, 0.29) is 11.8 Å². The highest BCUT2D eigenvalue weighted by atomic mass is 35.5. The predicted molar refractivity (Wildman–Crippen MR) is 194 cm³/mol. The number of hydrogen-bond donors (Lipinski definition) is 4. The van der Waals surface area contributed by atoms with Gasteiger partial charge in [-0.2, -0.15) is 0 Å². The second kappa shape index (κ2) is 15.6. The molecule has 0 unspecified atom stereocenters. The van der Waals surface area contributed by atoms with Crippen LogP contribution in [0.4, 0.5) is 5.69 Å². The number of aromatic nitrogens is 3. The summed E-state index contributed by atoms with van der Waals surface area (Å²) < 4.78 is 27.3. The topological polar surface area (TPSA) is 191 Å². The summed E-state index contributed by atoms with van der Waals surface area (Å²) in [7, 11) is -2.83. The number of carbonyl (C=O) groups is 3. The molecule has 274 valence electrons. The van der Waals surface area contributed by atoms with E-state index < -0.39 is 26.1 Å². The summed E-state index contributed by atoms with van der Waals surface area (Å²) in [4.78, 5) is 66.0. The summed E-state index contributed by atoms with van der Waals surface area (Å²) in [5, 5.41) is 7.43. The number of esters is 1. The van der Waals surface area contributed by atoms with Crippen molar-refractivity contribution in [3.8, 4) is 17.3 Å². The molecule has 0 saturated heterocycles. The number of nitrogens with one attached hydrogen (secondary N) is 2. The molecule has 4 aromatic rings. The third-order valence-corrected chi connectivity index (χ3v) is 10.1. The van der Waals surface area contributed by atoms with Crippen molar-refractivity contribution in [2.75, 3.05) is 18.7 Å². The summed E-state index contributed by atoms with van der Waals surface area (Å²) in [5.41, 5.74) is 3.18. The zero-order valence-electron chi connectivity index (χ0n) is 28.6. The molecule has 16 heteroatoms. The number of amides is 2. The van der Waals surface area contributed by atoms with Gasteiger partial charge in [0.2, 0.25) is 12.7 Å². The van der Waals surface area contributed by atoms with Crippen molar-refractivity contribution < 1.29 is 42.7 Å². The first-order chi connectivity index (χ1) is 24.9. The lowest BCUT2D eigenvalue weighted by molar-refractivity contribution is -0.144. The maximum Gasteiger partial charge on any atom is 0.472 e. The molecular formula is C36H39ClN5O9P. The van der Waals surface area contributed by atoms with Crippen molar-refractivity contribution in [3.63, 3.8) is 0 Å². The van der Waals surface area contributed by atoms with Crippen molar-refractivity contribution in [3.05, 3.63) is 76.6 Å². The van der Waals surface area contributed by atoms with Crippen LogP contribution in [-0.2, 0) is 30.5 Å². The van der Waals surface area contributed by atoms with Gasteiger partial charge in [-0.25, -0.2) is 23.9 Å². The third kappa shape index (κ3) is 8.22. The highest BCUT2D eigenvalue weighted by molar-refractivity contribution is 7.46. The quantitative estimate of drug-likeness (QED) is 0.0522. The molecule has 0 bridgehead atoms. The van der Waals surface area contributed by atoms with Gasteiger partial charge < -0.3 is 34.5 Å². The van der Waals surface area contributed by atoms with Gasteiger partial charge in [-0.05, 0) is 80.9 Å². The van der Waals surface area contributed by atoms with Gasteiger partial charge in [0, 0.05) is 59.3 Å². The van der Waals surface area contributed by atoms with Gasteiger partial charge in [-0.15, -0.1) is 0 Å². The van der Waals surface area contributed by atoms with Crippen LogP contribution in [0.2, 0.25) is 5.02 Å². The van der Waals surface area contributed by atoms with E-state index in [1.165, 1.54) is 11.6 Å². The lowest BCUT2D eigenvalue weighted by Gasteiger charge is -2.40. The minimum atomic E-state index is -4.78. The summed E-state index contributed by atoms with van der Waals surface area (Å²) in [6.45, 7) is 1.15. The molecule has 0 atom stereocenters. The summed E-state index contributed by atoms with van der Waals surface area (Å²) in [5.74, 6) is -0.333. The highest BCUT2D eigenvalue weighted by Gasteiger charge is 2.45. The fourth-order valence-electron chi connectivity index (χ4n) is 6.81. The van der Waals surface area contributed by atoms with Gasteiger partial charge in [0.05, 0.1) is 17.3 Å². The van der Waals surface area contributed by atoms with Crippen molar-refractivity contribution >= 4 is 59.9 Å². The molecule has 2 aromatic heterocycles. The Labute approximate surface area is 304 Å². The molecule has 0 spiro atoms. The van der Waals surface area contributed by atoms with Gasteiger partial charge in [-0.1, -0.05) is 30.5 Å². The molecular weight excluding hydrogens is 713 g/mol. The first-order valence-electron chi connectivity index (χ1n) is 16.9. The van der Waals surface area contributed by atoms with Crippen LogP contribution in [0.25, 0.3) is 28.5 Å². The molecule has 4 N–H and O–H groups in total. The predicted octanol–water partition coefficient (Wildman–Crippen LogP) is 6.26. The highest BCUT2D eigenvalue weighted by Crippen LogP contribution is 2.44. The van der Waals surface area contributed by atoms with Crippen LogP contribution in [0, 0.1) is 0 Å². The number of phosphoric acid groups is 1. The van der Waals surface area contributed by atoms with E-state index in [1.807, 2.05) is 23.7 Å². The third-order valence-electron chi connectivity index (χ3n) is 9.48. The molecule has 2 saturated carbocycles. The van der Waals surface area contributed by atoms with E-state index in [1.54, 1.807) is 43.6 Å². The number of carbonyl (C=O) groups excluding carboxylic acids is 3. The number of benzene rings is 2. The minimum Gasteiger partial charge on any atom is -0.493 e. The molecule has 0 radical (unpaired) electrons. The van der Waals surface area contributed by atoms with Crippen LogP contribution >= 0.6 is 19.4 Å². The van der Waals surface area contributed by atoms with Gasteiger partial charge in [0.15, 0.2) is 5.82 Å². The van der Waals surface area contributed by atoms with E-state index in [2.05, 4.69) is 29.9 Å². The number of rotatable bonds is 13. The number of anilines is 1. The molecule has 52 heavy (non-hydrogen) atoms. The van der Waals surface area contributed by atoms with E-state index in [9.17, 15) is 18.9 Å². The number of fused-ring (bicyclic) bond motifs is 1. The standard InChI is InChI=1S/C36H39ClN5O9P/c1-3-49-29-18-26(12-9-22(29)11-14-30(43)50-21-51-52(46,47)48)40-35(45)36(15-6-16-36)41-34(44)24-10-13-27-28(17-24)42(2)32(31(27)23-7-4-5-8-23)33-38-19-25(37)20-39-33/h9-14,17-20,23H,3-8,15-16,21H2,1-2H3,(H,40,45)(H,41,44)(H2,46,47,48)/b14-11+. The van der Waals surface area contributed by atoms with Gasteiger partial charge >= 0.3 is 13.8 Å². The zero-order chi connectivity index (χ0) is 37.0. The Morgan fingerprint density at radius 1 is 1.08 bits per heavy atom. The normalized spacial score (nSPS) is 15.8. The molecule has 14 nitrogen and oxygen atoms in total. The average Bonchev–Trinajstić information content (AvgIpc) is 3.72. The molecule has 6 rings (SSSR count). The minimum absolute atomic E-state index is 0.292. The zero-order valence-corrected chi connectivity index (χ0v) is 30.3. The number of hydrogen-bond acceptors (Lipinski definition) is 9. The van der Waals surface area contributed by atoms with E-state index >= 15 is 0 Å². The van der Waals surface area contributed by atoms with E-state index in [4.69, 9.17) is 26.1 Å². The molecule has 2 heterocycles. The van der Waals surface area contributed by atoms with Crippen LogP contribution < -0.4 is 15.4 Å². The number of phosphoric ester groups is 1. The van der Waals surface area contributed by atoms with Crippen molar-refractivity contribution in [2.45, 2.75) is 63.3 Å².